The number of methoxy groups -OCH3 is 1. The second-order valence-electron chi connectivity index (χ2n) is 3.67. The van der Waals surface area contributed by atoms with E-state index in [-0.39, 0.29) is 17.8 Å². The van der Waals surface area contributed by atoms with Gasteiger partial charge in [0, 0.05) is 18.0 Å². The van der Waals surface area contributed by atoms with E-state index in [0.29, 0.717) is 12.4 Å². The van der Waals surface area contributed by atoms with Crippen LogP contribution in [0.15, 0.2) is 29.2 Å². The quantitative estimate of drug-likeness (QED) is 0.793. The van der Waals surface area contributed by atoms with Crippen molar-refractivity contribution < 1.29 is 13.9 Å². The van der Waals surface area contributed by atoms with Crippen molar-refractivity contribution in [1.82, 2.24) is 5.32 Å². The summed E-state index contributed by atoms with van der Waals surface area (Å²) in [6.07, 6.45) is 0. The summed E-state index contributed by atoms with van der Waals surface area (Å²) >= 11 is 1.38. The molecule has 1 amide bonds. The van der Waals surface area contributed by atoms with Crippen LogP contribution in [0.1, 0.15) is 6.92 Å². The van der Waals surface area contributed by atoms with E-state index in [1.165, 1.54) is 23.9 Å². The van der Waals surface area contributed by atoms with Gasteiger partial charge in [-0.05, 0) is 31.2 Å². The Morgan fingerprint density at radius 1 is 1.47 bits per heavy atom. The number of hydrogen-bond donors (Lipinski definition) is 1. The Morgan fingerprint density at radius 3 is 2.71 bits per heavy atom. The van der Waals surface area contributed by atoms with E-state index in [0.717, 1.165) is 4.90 Å². The Morgan fingerprint density at radius 2 is 2.12 bits per heavy atom. The van der Waals surface area contributed by atoms with E-state index in [1.807, 2.05) is 6.92 Å². The van der Waals surface area contributed by atoms with Crippen LogP contribution in [0, 0.1) is 5.82 Å². The summed E-state index contributed by atoms with van der Waals surface area (Å²) in [6, 6.07) is 6.08. The number of amides is 1. The molecule has 1 N–H and O–H groups in total. The van der Waals surface area contributed by atoms with Gasteiger partial charge in [-0.15, -0.1) is 11.8 Å². The maximum atomic E-state index is 12.6. The number of benzene rings is 1. The zero-order valence-electron chi connectivity index (χ0n) is 9.90. The minimum absolute atomic E-state index is 0.00122. The second kappa shape index (κ2) is 7.29. The molecule has 1 aromatic carbocycles. The lowest BCUT2D eigenvalue weighted by molar-refractivity contribution is -0.119. The van der Waals surface area contributed by atoms with E-state index in [9.17, 15) is 9.18 Å². The number of rotatable bonds is 6. The summed E-state index contributed by atoms with van der Waals surface area (Å²) in [6.45, 7) is 2.37. The van der Waals surface area contributed by atoms with Crippen LogP contribution >= 0.6 is 11.8 Å². The summed E-state index contributed by atoms with van der Waals surface area (Å²) in [5, 5.41) is 2.80. The van der Waals surface area contributed by atoms with Gasteiger partial charge in [-0.3, -0.25) is 4.79 Å². The SMILES string of the molecule is COCC(C)NC(=O)CSc1ccc(F)cc1. The van der Waals surface area contributed by atoms with Crippen LogP contribution in [0.2, 0.25) is 0 Å². The van der Waals surface area contributed by atoms with Crippen LogP contribution in [0.3, 0.4) is 0 Å². The lowest BCUT2D eigenvalue weighted by atomic mass is 10.3. The highest BCUT2D eigenvalue weighted by Gasteiger charge is 2.07. The van der Waals surface area contributed by atoms with Gasteiger partial charge in [0.1, 0.15) is 5.82 Å². The molecule has 0 saturated carbocycles. The van der Waals surface area contributed by atoms with Crippen molar-refractivity contribution in [2.24, 2.45) is 0 Å². The summed E-state index contributed by atoms with van der Waals surface area (Å²) in [5.74, 6) is -0.00365. The van der Waals surface area contributed by atoms with Gasteiger partial charge < -0.3 is 10.1 Å². The largest absolute Gasteiger partial charge is 0.383 e. The molecule has 3 nitrogen and oxygen atoms in total. The van der Waals surface area contributed by atoms with Gasteiger partial charge in [-0.2, -0.15) is 0 Å². The molecule has 0 aromatic heterocycles. The Kier molecular flexibility index (Phi) is 6.00. The predicted octanol–water partition coefficient (Wildman–Crippen LogP) is 2.07. The fraction of sp³-hybridized carbons (Fsp3) is 0.417. The van der Waals surface area contributed by atoms with Crippen molar-refractivity contribution in [3.8, 4) is 0 Å². The highest BCUT2D eigenvalue weighted by atomic mass is 32.2. The Labute approximate surface area is 105 Å². The molecule has 0 aliphatic heterocycles. The van der Waals surface area contributed by atoms with E-state index in [2.05, 4.69) is 5.32 Å². The lowest BCUT2D eigenvalue weighted by Gasteiger charge is -2.12. The number of carbonyl (C=O) groups is 1. The number of carbonyl (C=O) groups excluding carboxylic acids is 1. The van der Waals surface area contributed by atoms with Crippen molar-refractivity contribution in [2.45, 2.75) is 17.9 Å². The average molecular weight is 257 g/mol. The number of halogens is 1. The molecule has 0 aliphatic carbocycles. The van der Waals surface area contributed by atoms with Crippen LogP contribution in [0.5, 0.6) is 0 Å². The molecule has 1 atom stereocenters. The summed E-state index contributed by atoms with van der Waals surface area (Å²) in [4.78, 5) is 12.4. The van der Waals surface area contributed by atoms with Crippen molar-refractivity contribution in [3.63, 3.8) is 0 Å². The van der Waals surface area contributed by atoms with E-state index in [4.69, 9.17) is 4.74 Å². The van der Waals surface area contributed by atoms with Gasteiger partial charge in [0.15, 0.2) is 0 Å². The monoisotopic (exact) mass is 257 g/mol. The molecule has 1 rings (SSSR count). The highest BCUT2D eigenvalue weighted by molar-refractivity contribution is 8.00. The molecule has 0 saturated heterocycles. The third-order valence-corrected chi connectivity index (χ3v) is 3.02. The molecular weight excluding hydrogens is 241 g/mol. The molecule has 0 spiro atoms. The first-order valence-electron chi connectivity index (χ1n) is 5.28. The third kappa shape index (κ3) is 5.70. The van der Waals surface area contributed by atoms with Crippen LogP contribution < -0.4 is 5.32 Å². The Balaban J connectivity index is 2.30. The van der Waals surface area contributed by atoms with Gasteiger partial charge in [0.05, 0.1) is 12.4 Å². The Hall–Kier alpha value is -1.07. The molecule has 94 valence electrons. The fourth-order valence-electron chi connectivity index (χ4n) is 1.29. The van der Waals surface area contributed by atoms with E-state index >= 15 is 0 Å². The van der Waals surface area contributed by atoms with Crippen LogP contribution in [-0.2, 0) is 9.53 Å². The number of nitrogens with one attached hydrogen (secondary N) is 1. The average Bonchev–Trinajstić information content (AvgIpc) is 2.28. The maximum Gasteiger partial charge on any atom is 0.230 e. The first-order chi connectivity index (χ1) is 8.11. The first-order valence-corrected chi connectivity index (χ1v) is 6.27. The van der Waals surface area contributed by atoms with Crippen molar-refractivity contribution in [1.29, 1.82) is 0 Å². The van der Waals surface area contributed by atoms with Crippen LogP contribution in [0.4, 0.5) is 4.39 Å². The molecule has 0 aliphatic rings. The lowest BCUT2D eigenvalue weighted by Crippen LogP contribution is -2.36. The number of thioether (sulfide) groups is 1. The van der Waals surface area contributed by atoms with Crippen LogP contribution in [-0.4, -0.2) is 31.4 Å². The van der Waals surface area contributed by atoms with Crippen molar-refractivity contribution in [3.05, 3.63) is 30.1 Å². The van der Waals surface area contributed by atoms with E-state index < -0.39 is 0 Å². The summed E-state index contributed by atoms with van der Waals surface area (Å²) < 4.78 is 17.6. The molecule has 0 fully saturated rings. The van der Waals surface area contributed by atoms with Gasteiger partial charge >= 0.3 is 0 Å². The summed E-state index contributed by atoms with van der Waals surface area (Å²) in [7, 11) is 1.59. The molecule has 1 unspecified atom stereocenters. The first kappa shape index (κ1) is 14.0. The smallest absolute Gasteiger partial charge is 0.230 e. The minimum atomic E-state index is -0.271. The minimum Gasteiger partial charge on any atom is -0.383 e. The summed E-state index contributed by atoms with van der Waals surface area (Å²) in [5.41, 5.74) is 0. The zero-order valence-corrected chi connectivity index (χ0v) is 10.7. The molecule has 5 heteroatoms. The maximum absolute atomic E-state index is 12.6. The molecule has 1 aromatic rings. The van der Waals surface area contributed by atoms with Gasteiger partial charge in [0.25, 0.3) is 0 Å². The third-order valence-electron chi connectivity index (χ3n) is 2.01. The zero-order chi connectivity index (χ0) is 12.7. The standard InChI is InChI=1S/C12H16FNO2S/c1-9(7-16-2)14-12(15)8-17-11-5-3-10(13)4-6-11/h3-6,9H,7-8H2,1-2H3,(H,14,15). The topological polar surface area (TPSA) is 38.3 Å². The molecule has 0 heterocycles. The van der Waals surface area contributed by atoms with Gasteiger partial charge in [-0.1, -0.05) is 0 Å². The van der Waals surface area contributed by atoms with Gasteiger partial charge in [-0.25, -0.2) is 4.39 Å². The number of hydrogen-bond acceptors (Lipinski definition) is 3. The van der Waals surface area contributed by atoms with Crippen LogP contribution in [0.25, 0.3) is 0 Å². The highest BCUT2D eigenvalue weighted by Crippen LogP contribution is 2.17. The normalized spacial score (nSPS) is 12.2. The number of ether oxygens (including phenoxy) is 1. The Bertz CT molecular complexity index is 356. The fourth-order valence-corrected chi connectivity index (χ4v) is 2.00. The van der Waals surface area contributed by atoms with Gasteiger partial charge in [0.2, 0.25) is 5.91 Å². The molecular formula is C12H16FNO2S. The molecule has 0 bridgehead atoms. The van der Waals surface area contributed by atoms with Crippen molar-refractivity contribution >= 4 is 17.7 Å². The van der Waals surface area contributed by atoms with Crippen molar-refractivity contribution in [2.75, 3.05) is 19.5 Å². The predicted molar refractivity (Wildman–Crippen MR) is 66.6 cm³/mol. The second-order valence-corrected chi connectivity index (χ2v) is 4.72. The molecule has 17 heavy (non-hydrogen) atoms. The van der Waals surface area contributed by atoms with E-state index in [1.54, 1.807) is 19.2 Å². The molecule has 0 radical (unpaired) electrons.